The molecule has 0 amide bonds. The van der Waals surface area contributed by atoms with E-state index in [1.165, 1.54) is 11.1 Å². The van der Waals surface area contributed by atoms with Crippen molar-refractivity contribution in [3.05, 3.63) is 120 Å². The second kappa shape index (κ2) is 9.63. The molecule has 4 aromatic rings. The number of nitrogens with zero attached hydrogens (tertiary/aromatic N) is 4. The second-order valence-corrected chi connectivity index (χ2v) is 11.8. The van der Waals surface area contributed by atoms with Crippen LogP contribution in [0, 0.1) is 20.8 Å². The first-order valence-corrected chi connectivity index (χ1v) is 14.2. The van der Waals surface area contributed by atoms with Crippen LogP contribution in [0.25, 0.3) is 33.9 Å². The molecule has 1 aromatic heterocycles. The summed E-state index contributed by atoms with van der Waals surface area (Å²) in [6.07, 6.45) is 6.60. The third-order valence-electron chi connectivity index (χ3n) is 7.04. The Morgan fingerprint density at radius 2 is 1.46 bits per heavy atom. The molecule has 2 aliphatic heterocycles. The van der Waals surface area contributed by atoms with Gasteiger partial charge in [0, 0.05) is 30.4 Å². The molecule has 0 aliphatic carbocycles. The van der Waals surface area contributed by atoms with E-state index in [0.717, 1.165) is 22.3 Å². The molecule has 0 saturated carbocycles. The maximum atomic E-state index is 13.8. The predicted octanol–water partition coefficient (Wildman–Crippen LogP) is 6.39. The molecule has 0 radical (unpaired) electrons. The topological polar surface area (TPSA) is 93.5 Å². The summed E-state index contributed by atoms with van der Waals surface area (Å²) in [5, 5.41) is -1.09. The lowest BCUT2D eigenvalue weighted by atomic mass is 9.99. The molecule has 1 unspecified atom stereocenters. The maximum Gasteiger partial charge on any atom is 0.207 e. The molecule has 3 aromatic carbocycles. The van der Waals surface area contributed by atoms with Crippen LogP contribution >= 0.6 is 0 Å². The standard InChI is InChI=1S/C31H27N5O2S/c1-20-4-12-26(13-5-20)39(37,38)31(30-32-15-16-33-30)36-17-14-27-28(19-36)35-29(34-27)24-10-8-23(9-11-24)25-7-6-21(2)22(3)18-25/h4-19,31H,1-3H3,(H,32,33). The summed E-state index contributed by atoms with van der Waals surface area (Å²) in [6, 6.07) is 23.2. The van der Waals surface area contributed by atoms with Gasteiger partial charge in [-0.25, -0.2) is 23.4 Å². The van der Waals surface area contributed by atoms with Gasteiger partial charge in [0.2, 0.25) is 9.84 Å². The number of benzene rings is 3. The van der Waals surface area contributed by atoms with Gasteiger partial charge in [0.05, 0.1) is 10.6 Å². The van der Waals surface area contributed by atoms with Gasteiger partial charge < -0.3 is 9.55 Å². The highest BCUT2D eigenvalue weighted by atomic mass is 32.2. The third kappa shape index (κ3) is 4.64. The molecular formula is C31H27N5O2S. The summed E-state index contributed by atoms with van der Waals surface area (Å²) in [5.74, 6) is 0.909. The molecule has 0 bridgehead atoms. The van der Waals surface area contributed by atoms with Gasteiger partial charge in [0.25, 0.3) is 0 Å². The van der Waals surface area contributed by atoms with Crippen LogP contribution in [-0.4, -0.2) is 32.9 Å². The van der Waals surface area contributed by atoms with Gasteiger partial charge in [-0.05, 0) is 61.2 Å². The molecule has 1 N–H and O–H groups in total. The Morgan fingerprint density at radius 3 is 2.15 bits per heavy atom. The van der Waals surface area contributed by atoms with Gasteiger partial charge in [-0.3, -0.25) is 0 Å². The second-order valence-electron chi connectivity index (χ2n) is 9.77. The fourth-order valence-electron chi connectivity index (χ4n) is 4.65. The fraction of sp³-hybridized carbons (Fsp3) is 0.129. The summed E-state index contributed by atoms with van der Waals surface area (Å²) in [4.78, 5) is 16.9. The Labute approximate surface area is 227 Å². The van der Waals surface area contributed by atoms with E-state index in [2.05, 4.69) is 54.1 Å². The van der Waals surface area contributed by atoms with E-state index >= 15 is 0 Å². The Balaban J connectivity index is 1.36. The molecule has 8 heteroatoms. The zero-order valence-corrected chi connectivity index (χ0v) is 22.6. The van der Waals surface area contributed by atoms with Crippen molar-refractivity contribution in [1.82, 2.24) is 24.5 Å². The number of imidazole rings is 2. The van der Waals surface area contributed by atoms with Crippen molar-refractivity contribution in [1.29, 1.82) is 0 Å². The van der Waals surface area contributed by atoms with Crippen molar-refractivity contribution < 1.29 is 8.42 Å². The first-order valence-electron chi connectivity index (χ1n) is 12.6. The van der Waals surface area contributed by atoms with Crippen LogP contribution in [0.15, 0.2) is 102 Å². The largest absolute Gasteiger partial charge is 0.346 e. The molecule has 0 fully saturated rings. The number of H-pyrrole nitrogens is 1. The lowest BCUT2D eigenvalue weighted by Gasteiger charge is -2.20. The number of sulfone groups is 1. The maximum absolute atomic E-state index is 13.8. The number of fused-ring (bicyclic) bond motifs is 1. The van der Waals surface area contributed by atoms with Gasteiger partial charge in [-0.1, -0.05) is 60.2 Å². The van der Waals surface area contributed by atoms with Crippen LogP contribution in [-0.2, 0) is 9.84 Å². The Morgan fingerprint density at radius 1 is 0.769 bits per heavy atom. The Kier molecular flexibility index (Phi) is 6.12. The van der Waals surface area contributed by atoms with Crippen molar-refractivity contribution in [3.8, 4) is 33.9 Å². The number of pyridine rings is 1. The number of aromatic amines is 1. The molecule has 39 heavy (non-hydrogen) atoms. The fourth-order valence-corrected chi connectivity index (χ4v) is 6.30. The van der Waals surface area contributed by atoms with Gasteiger partial charge >= 0.3 is 0 Å². The normalized spacial score (nSPS) is 12.6. The van der Waals surface area contributed by atoms with Gasteiger partial charge in [-0.2, -0.15) is 0 Å². The zero-order valence-electron chi connectivity index (χ0n) is 21.8. The summed E-state index contributed by atoms with van der Waals surface area (Å²) < 4.78 is 29.2. The SMILES string of the molecule is Cc1ccc(S(=O)(=O)C(c2ncc[nH]2)n2ccc3nc(-c4ccc(-c5ccc(C)c(C)c5)cc4)nc-3c2)cc1. The molecule has 7 nitrogen and oxygen atoms in total. The van der Waals surface area contributed by atoms with Crippen molar-refractivity contribution >= 4 is 9.84 Å². The molecule has 0 spiro atoms. The number of aryl methyl sites for hydroxylation is 3. The first kappa shape index (κ1) is 24.8. The molecule has 0 saturated heterocycles. The van der Waals surface area contributed by atoms with E-state index in [9.17, 15) is 8.42 Å². The summed E-state index contributed by atoms with van der Waals surface area (Å²) in [6.45, 7) is 6.15. The Hall–Kier alpha value is -4.56. The monoisotopic (exact) mass is 533 g/mol. The van der Waals surface area contributed by atoms with Crippen LogP contribution in [0.5, 0.6) is 0 Å². The van der Waals surface area contributed by atoms with E-state index in [0.29, 0.717) is 23.0 Å². The van der Waals surface area contributed by atoms with Crippen molar-refractivity contribution in [2.45, 2.75) is 31.0 Å². The number of rotatable bonds is 6. The smallest absolute Gasteiger partial charge is 0.207 e. The molecule has 3 heterocycles. The Bertz CT molecular complexity index is 1840. The number of nitrogens with one attached hydrogen (secondary N) is 1. The summed E-state index contributed by atoms with van der Waals surface area (Å²) in [7, 11) is -3.82. The highest BCUT2D eigenvalue weighted by molar-refractivity contribution is 7.91. The molecular weight excluding hydrogens is 506 g/mol. The minimum absolute atomic E-state index is 0.222. The minimum atomic E-state index is -3.82. The summed E-state index contributed by atoms with van der Waals surface area (Å²) in [5.41, 5.74) is 7.97. The predicted molar refractivity (Wildman–Crippen MR) is 152 cm³/mol. The number of hydrogen-bond acceptors (Lipinski definition) is 5. The molecule has 1 atom stereocenters. The van der Waals surface area contributed by atoms with Gasteiger partial charge in [0.1, 0.15) is 11.5 Å². The summed E-state index contributed by atoms with van der Waals surface area (Å²) >= 11 is 0. The average molecular weight is 534 g/mol. The van der Waals surface area contributed by atoms with Crippen molar-refractivity contribution in [3.63, 3.8) is 0 Å². The average Bonchev–Trinajstić information content (AvgIpc) is 3.61. The molecule has 2 aliphatic rings. The van der Waals surface area contributed by atoms with Crippen LogP contribution in [0.2, 0.25) is 0 Å². The van der Waals surface area contributed by atoms with Crippen LogP contribution in [0.4, 0.5) is 0 Å². The van der Waals surface area contributed by atoms with E-state index in [-0.39, 0.29) is 4.90 Å². The van der Waals surface area contributed by atoms with E-state index in [1.54, 1.807) is 59.7 Å². The number of aromatic nitrogens is 5. The molecule has 194 valence electrons. The van der Waals surface area contributed by atoms with E-state index in [1.807, 2.05) is 19.1 Å². The lowest BCUT2D eigenvalue weighted by molar-refractivity contribution is 0.561. The van der Waals surface area contributed by atoms with Crippen LogP contribution in [0.3, 0.4) is 0 Å². The number of hydrogen-bond donors (Lipinski definition) is 1. The van der Waals surface area contributed by atoms with Crippen molar-refractivity contribution in [2.24, 2.45) is 0 Å². The van der Waals surface area contributed by atoms with E-state index < -0.39 is 15.2 Å². The zero-order chi connectivity index (χ0) is 27.1. The van der Waals surface area contributed by atoms with Crippen LogP contribution < -0.4 is 0 Å². The van der Waals surface area contributed by atoms with Crippen molar-refractivity contribution in [2.75, 3.05) is 0 Å². The molecule has 6 rings (SSSR count). The van der Waals surface area contributed by atoms with Gasteiger partial charge in [-0.15, -0.1) is 0 Å². The quantitative estimate of drug-likeness (QED) is 0.268. The lowest BCUT2D eigenvalue weighted by Crippen LogP contribution is -2.23. The van der Waals surface area contributed by atoms with Gasteiger partial charge in [0.15, 0.2) is 11.2 Å². The minimum Gasteiger partial charge on any atom is -0.346 e. The third-order valence-corrected chi connectivity index (χ3v) is 9.03. The van der Waals surface area contributed by atoms with Crippen LogP contribution in [0.1, 0.15) is 27.9 Å². The highest BCUT2D eigenvalue weighted by Crippen LogP contribution is 2.32. The highest BCUT2D eigenvalue weighted by Gasteiger charge is 2.33. The van der Waals surface area contributed by atoms with E-state index in [4.69, 9.17) is 9.97 Å². The first-order chi connectivity index (χ1) is 18.8.